The van der Waals surface area contributed by atoms with Crippen LogP contribution in [-0.4, -0.2) is 38.5 Å². The van der Waals surface area contributed by atoms with Crippen molar-refractivity contribution in [1.29, 1.82) is 0 Å². The van der Waals surface area contributed by atoms with Gasteiger partial charge in [0, 0.05) is 19.7 Å². The zero-order valence-corrected chi connectivity index (χ0v) is 11.2. The molecule has 4 nitrogen and oxygen atoms in total. The van der Waals surface area contributed by atoms with Gasteiger partial charge in [-0.05, 0) is 26.0 Å². The lowest BCUT2D eigenvalue weighted by Crippen LogP contribution is -2.36. The van der Waals surface area contributed by atoms with E-state index in [2.05, 4.69) is 0 Å². The van der Waals surface area contributed by atoms with Crippen LogP contribution < -0.4 is 14.4 Å². The van der Waals surface area contributed by atoms with Gasteiger partial charge >= 0.3 is 0 Å². The molecular formula is C13H21NO3. The Hall–Kier alpha value is -1.42. The molecule has 1 aromatic carbocycles. The number of aliphatic hydroxyl groups is 1. The molecule has 0 bridgehead atoms. The highest BCUT2D eigenvalue weighted by atomic mass is 16.5. The van der Waals surface area contributed by atoms with Gasteiger partial charge in [0.2, 0.25) is 0 Å². The van der Waals surface area contributed by atoms with Gasteiger partial charge in [-0.3, -0.25) is 0 Å². The van der Waals surface area contributed by atoms with E-state index >= 15 is 0 Å². The Morgan fingerprint density at radius 3 is 2.35 bits per heavy atom. The van der Waals surface area contributed by atoms with Crippen molar-refractivity contribution < 1.29 is 14.6 Å². The van der Waals surface area contributed by atoms with Crippen LogP contribution in [-0.2, 0) is 0 Å². The molecule has 0 aliphatic heterocycles. The summed E-state index contributed by atoms with van der Waals surface area (Å²) in [5.41, 5.74) is 0.136. The molecular weight excluding hydrogens is 218 g/mol. The predicted molar refractivity (Wildman–Crippen MR) is 69.1 cm³/mol. The van der Waals surface area contributed by atoms with Crippen molar-refractivity contribution in [2.75, 3.05) is 32.7 Å². The summed E-state index contributed by atoms with van der Waals surface area (Å²) >= 11 is 0. The van der Waals surface area contributed by atoms with Crippen LogP contribution in [0, 0.1) is 0 Å². The first kappa shape index (κ1) is 13.6. The normalized spacial score (nSPS) is 11.2. The number of anilines is 1. The Labute approximate surface area is 103 Å². The fraction of sp³-hybridized carbons (Fsp3) is 0.538. The van der Waals surface area contributed by atoms with Gasteiger partial charge in [0.1, 0.15) is 11.5 Å². The molecule has 1 aromatic rings. The van der Waals surface area contributed by atoms with E-state index < -0.39 is 5.60 Å². The van der Waals surface area contributed by atoms with Crippen LogP contribution in [0.15, 0.2) is 18.2 Å². The van der Waals surface area contributed by atoms with Crippen LogP contribution >= 0.6 is 0 Å². The lowest BCUT2D eigenvalue weighted by molar-refractivity contribution is 0.0885. The highest BCUT2D eigenvalue weighted by Crippen LogP contribution is 2.32. The first-order chi connectivity index (χ1) is 7.87. The predicted octanol–water partition coefficient (Wildman–Crippen LogP) is 1.91. The minimum atomic E-state index is -0.761. The Balaban J connectivity index is 3.01. The van der Waals surface area contributed by atoms with Gasteiger partial charge in [-0.15, -0.1) is 0 Å². The van der Waals surface area contributed by atoms with E-state index in [1.165, 1.54) is 0 Å². The van der Waals surface area contributed by atoms with Gasteiger partial charge in [0.15, 0.2) is 0 Å². The Morgan fingerprint density at radius 2 is 1.88 bits per heavy atom. The van der Waals surface area contributed by atoms with E-state index in [0.29, 0.717) is 6.54 Å². The van der Waals surface area contributed by atoms with Gasteiger partial charge in [-0.2, -0.15) is 0 Å². The number of likely N-dealkylation sites (N-methyl/N-ethyl adjacent to an activating group) is 1. The monoisotopic (exact) mass is 239 g/mol. The van der Waals surface area contributed by atoms with Crippen LogP contribution in [0.25, 0.3) is 0 Å². The third-order valence-corrected chi connectivity index (χ3v) is 2.42. The maximum Gasteiger partial charge on any atom is 0.142 e. The smallest absolute Gasteiger partial charge is 0.142 e. The fourth-order valence-electron chi connectivity index (χ4n) is 1.76. The lowest BCUT2D eigenvalue weighted by atomic mass is 10.1. The molecule has 0 fully saturated rings. The third-order valence-electron chi connectivity index (χ3n) is 2.42. The molecule has 0 radical (unpaired) electrons. The topological polar surface area (TPSA) is 41.9 Å². The maximum absolute atomic E-state index is 9.83. The number of ether oxygens (including phenoxy) is 2. The SMILES string of the molecule is COc1ccc(OC)c(N(C)CC(C)(C)O)c1. The Morgan fingerprint density at radius 1 is 1.24 bits per heavy atom. The highest BCUT2D eigenvalue weighted by molar-refractivity contribution is 5.61. The largest absolute Gasteiger partial charge is 0.497 e. The summed E-state index contributed by atoms with van der Waals surface area (Å²) in [4.78, 5) is 1.95. The van der Waals surface area contributed by atoms with E-state index in [4.69, 9.17) is 9.47 Å². The van der Waals surface area contributed by atoms with Crippen molar-refractivity contribution in [3.8, 4) is 11.5 Å². The quantitative estimate of drug-likeness (QED) is 0.852. The van der Waals surface area contributed by atoms with Gasteiger partial charge < -0.3 is 19.5 Å². The minimum absolute atomic E-state index is 0.510. The zero-order valence-electron chi connectivity index (χ0n) is 11.2. The van der Waals surface area contributed by atoms with E-state index in [9.17, 15) is 5.11 Å². The van der Waals surface area contributed by atoms with E-state index in [1.54, 1.807) is 28.1 Å². The number of methoxy groups -OCH3 is 2. The van der Waals surface area contributed by atoms with Crippen LogP contribution in [0.2, 0.25) is 0 Å². The van der Waals surface area contributed by atoms with Crippen LogP contribution in [0.5, 0.6) is 11.5 Å². The molecule has 0 amide bonds. The molecule has 0 atom stereocenters. The third kappa shape index (κ3) is 3.82. The second-order valence-corrected chi connectivity index (χ2v) is 4.71. The summed E-state index contributed by atoms with van der Waals surface area (Å²) < 4.78 is 10.5. The molecule has 0 aliphatic carbocycles. The Kier molecular flexibility index (Phi) is 4.23. The molecule has 17 heavy (non-hydrogen) atoms. The summed E-state index contributed by atoms with van der Waals surface area (Å²) in [6, 6.07) is 5.60. The summed E-state index contributed by atoms with van der Waals surface area (Å²) in [6.45, 7) is 4.06. The van der Waals surface area contributed by atoms with Crippen LogP contribution in [0.4, 0.5) is 5.69 Å². The van der Waals surface area contributed by atoms with Gasteiger partial charge in [0.05, 0.1) is 25.5 Å². The molecule has 0 heterocycles. The average molecular weight is 239 g/mol. The highest BCUT2D eigenvalue weighted by Gasteiger charge is 2.18. The molecule has 0 saturated heterocycles. The molecule has 1 rings (SSSR count). The van der Waals surface area contributed by atoms with E-state index in [-0.39, 0.29) is 0 Å². The van der Waals surface area contributed by atoms with Gasteiger partial charge in [-0.25, -0.2) is 0 Å². The molecule has 0 spiro atoms. The molecule has 96 valence electrons. The van der Waals surface area contributed by atoms with Gasteiger partial charge in [-0.1, -0.05) is 0 Å². The van der Waals surface area contributed by atoms with Crippen LogP contribution in [0.3, 0.4) is 0 Å². The van der Waals surface area contributed by atoms with Crippen molar-refractivity contribution in [3.05, 3.63) is 18.2 Å². The first-order valence-electron chi connectivity index (χ1n) is 5.53. The van der Waals surface area contributed by atoms with Crippen molar-refractivity contribution in [3.63, 3.8) is 0 Å². The second kappa shape index (κ2) is 5.27. The summed E-state index contributed by atoms with van der Waals surface area (Å²) in [7, 11) is 5.17. The number of nitrogens with zero attached hydrogens (tertiary/aromatic N) is 1. The van der Waals surface area contributed by atoms with Gasteiger partial charge in [0.25, 0.3) is 0 Å². The van der Waals surface area contributed by atoms with Crippen molar-refractivity contribution in [1.82, 2.24) is 0 Å². The summed E-state index contributed by atoms with van der Waals surface area (Å²) in [5.74, 6) is 1.53. The number of benzene rings is 1. The van der Waals surface area contributed by atoms with Crippen molar-refractivity contribution in [2.24, 2.45) is 0 Å². The summed E-state index contributed by atoms with van der Waals surface area (Å²) in [6.07, 6.45) is 0. The zero-order chi connectivity index (χ0) is 13.1. The molecule has 1 N–H and O–H groups in total. The number of hydrogen-bond donors (Lipinski definition) is 1. The van der Waals surface area contributed by atoms with E-state index in [0.717, 1.165) is 17.2 Å². The average Bonchev–Trinajstić information content (AvgIpc) is 2.25. The molecule has 0 saturated carbocycles. The second-order valence-electron chi connectivity index (χ2n) is 4.71. The lowest BCUT2D eigenvalue weighted by Gasteiger charge is -2.28. The fourth-order valence-corrected chi connectivity index (χ4v) is 1.76. The summed E-state index contributed by atoms with van der Waals surface area (Å²) in [5, 5.41) is 9.83. The molecule has 0 unspecified atom stereocenters. The van der Waals surface area contributed by atoms with Crippen molar-refractivity contribution >= 4 is 5.69 Å². The molecule has 0 aromatic heterocycles. The molecule has 0 aliphatic rings. The Bertz CT molecular complexity index is 371. The number of rotatable bonds is 5. The first-order valence-corrected chi connectivity index (χ1v) is 5.53. The maximum atomic E-state index is 9.83. The number of hydrogen-bond acceptors (Lipinski definition) is 4. The molecule has 4 heteroatoms. The standard InChI is InChI=1S/C13H21NO3/c1-13(2,15)9-14(3)11-8-10(16-4)6-7-12(11)17-5/h6-8,15H,9H2,1-5H3. The van der Waals surface area contributed by atoms with Crippen molar-refractivity contribution in [2.45, 2.75) is 19.4 Å². The van der Waals surface area contributed by atoms with Crippen LogP contribution in [0.1, 0.15) is 13.8 Å². The minimum Gasteiger partial charge on any atom is -0.497 e. The van der Waals surface area contributed by atoms with E-state index in [1.807, 2.05) is 30.1 Å².